The molecule has 1 N–H and O–H groups in total. The van der Waals surface area contributed by atoms with E-state index in [0.717, 1.165) is 37.5 Å². The van der Waals surface area contributed by atoms with E-state index in [2.05, 4.69) is 6.92 Å². The number of carbonyl (C=O) groups is 1. The van der Waals surface area contributed by atoms with Gasteiger partial charge in [-0.05, 0) is 19.8 Å². The molecule has 0 aromatic rings. The van der Waals surface area contributed by atoms with Crippen molar-refractivity contribution in [1.82, 2.24) is 0 Å². The summed E-state index contributed by atoms with van der Waals surface area (Å²) in [4.78, 5) is 10.2. The van der Waals surface area contributed by atoms with Gasteiger partial charge in [0.2, 0.25) is 0 Å². The molecule has 0 atom stereocenters. The fourth-order valence-electron chi connectivity index (χ4n) is 0.989. The number of aliphatic carboxylic acids is 1. The van der Waals surface area contributed by atoms with E-state index in [9.17, 15) is 4.79 Å². The Labute approximate surface area is 91.4 Å². The molecule has 0 aliphatic carbocycles. The zero-order chi connectivity index (χ0) is 11.5. The third kappa shape index (κ3) is 10.8. The lowest BCUT2D eigenvalue weighted by Crippen LogP contribution is -1.95. The maximum absolute atomic E-state index is 10.2. The van der Waals surface area contributed by atoms with Crippen molar-refractivity contribution in [3.05, 3.63) is 23.8 Å². The highest BCUT2D eigenvalue weighted by Gasteiger charge is 1.88. The Hall–Kier alpha value is -1.09. The molecule has 0 unspecified atom stereocenters. The van der Waals surface area contributed by atoms with Gasteiger partial charge in [-0.2, -0.15) is 0 Å². The van der Waals surface area contributed by atoms with E-state index in [0.29, 0.717) is 6.61 Å². The molecule has 0 radical (unpaired) electrons. The summed E-state index contributed by atoms with van der Waals surface area (Å²) < 4.78 is 5.37. The van der Waals surface area contributed by atoms with Crippen molar-refractivity contribution >= 4 is 5.97 Å². The molecular weight excluding hydrogens is 192 g/mol. The van der Waals surface area contributed by atoms with Crippen LogP contribution < -0.4 is 0 Å². The third-order valence-electron chi connectivity index (χ3n) is 1.86. The number of ether oxygens (including phenoxy) is 1. The van der Waals surface area contributed by atoms with Crippen molar-refractivity contribution in [1.29, 1.82) is 0 Å². The second kappa shape index (κ2) is 9.46. The summed E-state index contributed by atoms with van der Waals surface area (Å²) >= 11 is 0. The highest BCUT2D eigenvalue weighted by molar-refractivity contribution is 5.80. The zero-order valence-corrected chi connectivity index (χ0v) is 9.53. The molecule has 3 heteroatoms. The van der Waals surface area contributed by atoms with Crippen molar-refractivity contribution in [3.63, 3.8) is 0 Å². The number of allylic oxidation sites excluding steroid dienone is 2. The summed E-state index contributed by atoms with van der Waals surface area (Å²) in [6.07, 6.45) is 7.79. The van der Waals surface area contributed by atoms with E-state index in [1.807, 2.05) is 13.0 Å². The van der Waals surface area contributed by atoms with Crippen LogP contribution in [0.15, 0.2) is 23.8 Å². The molecule has 0 fully saturated rings. The summed E-state index contributed by atoms with van der Waals surface area (Å²) in [6.45, 7) is 5.53. The summed E-state index contributed by atoms with van der Waals surface area (Å²) in [5.41, 5.74) is 0.955. The van der Waals surface area contributed by atoms with E-state index >= 15 is 0 Å². The van der Waals surface area contributed by atoms with Gasteiger partial charge in [0.05, 0.1) is 6.61 Å². The number of carboxylic acids is 1. The molecule has 0 bridgehead atoms. The summed E-state index contributed by atoms with van der Waals surface area (Å²) in [5.74, 6) is -0.915. The Morgan fingerprint density at radius 1 is 1.33 bits per heavy atom. The Balaban J connectivity index is 3.54. The summed E-state index contributed by atoms with van der Waals surface area (Å²) in [6, 6.07) is 0. The number of unbranched alkanes of at least 4 members (excludes halogenated alkanes) is 1. The van der Waals surface area contributed by atoms with E-state index in [4.69, 9.17) is 9.84 Å². The van der Waals surface area contributed by atoms with Crippen LogP contribution in [0.2, 0.25) is 0 Å². The Morgan fingerprint density at radius 3 is 2.67 bits per heavy atom. The quantitative estimate of drug-likeness (QED) is 0.382. The molecule has 0 amide bonds. The predicted octanol–water partition coefficient (Wildman–Crippen LogP) is 2.78. The average molecular weight is 212 g/mol. The van der Waals surface area contributed by atoms with Gasteiger partial charge in [-0.1, -0.05) is 31.1 Å². The number of carboxylic acid groups (broad SMARTS) is 1. The first kappa shape index (κ1) is 13.9. The molecule has 3 nitrogen and oxygen atoms in total. The van der Waals surface area contributed by atoms with Gasteiger partial charge < -0.3 is 9.84 Å². The van der Waals surface area contributed by atoms with Gasteiger partial charge in [0.1, 0.15) is 0 Å². The highest BCUT2D eigenvalue weighted by atomic mass is 16.5. The smallest absolute Gasteiger partial charge is 0.328 e. The van der Waals surface area contributed by atoms with E-state index in [1.165, 1.54) is 0 Å². The van der Waals surface area contributed by atoms with Crippen LogP contribution in [0.25, 0.3) is 0 Å². The average Bonchev–Trinajstić information content (AvgIpc) is 2.20. The van der Waals surface area contributed by atoms with Gasteiger partial charge in [-0.3, -0.25) is 0 Å². The first-order valence-corrected chi connectivity index (χ1v) is 5.32. The van der Waals surface area contributed by atoms with E-state index in [1.54, 1.807) is 6.08 Å². The maximum atomic E-state index is 10.2. The molecule has 0 spiro atoms. The summed E-state index contributed by atoms with van der Waals surface area (Å²) in [7, 11) is 0. The third-order valence-corrected chi connectivity index (χ3v) is 1.86. The number of rotatable bonds is 8. The van der Waals surface area contributed by atoms with Gasteiger partial charge in [-0.25, -0.2) is 4.79 Å². The fourth-order valence-corrected chi connectivity index (χ4v) is 0.989. The largest absolute Gasteiger partial charge is 0.478 e. The second-order valence-electron chi connectivity index (χ2n) is 3.37. The van der Waals surface area contributed by atoms with Gasteiger partial charge in [0, 0.05) is 12.7 Å². The van der Waals surface area contributed by atoms with Crippen LogP contribution >= 0.6 is 0 Å². The van der Waals surface area contributed by atoms with Crippen LogP contribution in [0.1, 0.15) is 33.1 Å². The zero-order valence-electron chi connectivity index (χ0n) is 9.53. The number of hydrogen-bond acceptors (Lipinski definition) is 2. The van der Waals surface area contributed by atoms with E-state index in [-0.39, 0.29) is 0 Å². The lowest BCUT2D eigenvalue weighted by molar-refractivity contribution is -0.131. The summed E-state index contributed by atoms with van der Waals surface area (Å²) in [5, 5.41) is 8.39. The van der Waals surface area contributed by atoms with Crippen molar-refractivity contribution in [2.45, 2.75) is 33.1 Å². The maximum Gasteiger partial charge on any atom is 0.328 e. The van der Waals surface area contributed by atoms with Crippen LogP contribution in [0.5, 0.6) is 0 Å². The molecule has 0 aliphatic rings. The second-order valence-corrected chi connectivity index (χ2v) is 3.37. The highest BCUT2D eigenvalue weighted by Crippen LogP contribution is 1.98. The van der Waals surface area contributed by atoms with E-state index < -0.39 is 5.97 Å². The Morgan fingerprint density at radius 2 is 2.07 bits per heavy atom. The SMILES string of the molecule is CCCCOCC/C=C(C)/C=C/C(=O)O. The predicted molar refractivity (Wildman–Crippen MR) is 60.9 cm³/mol. The molecule has 0 saturated heterocycles. The van der Waals surface area contributed by atoms with Crippen molar-refractivity contribution in [2.75, 3.05) is 13.2 Å². The molecular formula is C12H20O3. The Bertz CT molecular complexity index is 229. The Kier molecular flexibility index (Phi) is 8.78. The van der Waals surface area contributed by atoms with Gasteiger partial charge in [0.15, 0.2) is 0 Å². The first-order chi connectivity index (χ1) is 7.16. The standard InChI is InChI=1S/C12H20O3/c1-3-4-9-15-10-5-6-11(2)7-8-12(13)14/h6-8H,3-5,9-10H2,1-2H3,(H,13,14)/b8-7+,11-6+. The lowest BCUT2D eigenvalue weighted by atomic mass is 10.2. The molecule has 0 aromatic heterocycles. The molecule has 0 saturated carbocycles. The fraction of sp³-hybridized carbons (Fsp3) is 0.583. The van der Waals surface area contributed by atoms with Crippen LogP contribution in [0.4, 0.5) is 0 Å². The molecule has 86 valence electrons. The molecule has 15 heavy (non-hydrogen) atoms. The van der Waals surface area contributed by atoms with Gasteiger partial charge in [-0.15, -0.1) is 0 Å². The van der Waals surface area contributed by atoms with Crippen molar-refractivity contribution < 1.29 is 14.6 Å². The molecule has 0 heterocycles. The molecule has 0 rings (SSSR count). The topological polar surface area (TPSA) is 46.5 Å². The van der Waals surface area contributed by atoms with Gasteiger partial charge in [0.25, 0.3) is 0 Å². The van der Waals surface area contributed by atoms with Crippen LogP contribution in [-0.4, -0.2) is 24.3 Å². The first-order valence-electron chi connectivity index (χ1n) is 5.32. The lowest BCUT2D eigenvalue weighted by Gasteiger charge is -2.00. The monoisotopic (exact) mass is 212 g/mol. The minimum Gasteiger partial charge on any atom is -0.478 e. The van der Waals surface area contributed by atoms with Gasteiger partial charge >= 0.3 is 5.97 Å². The normalized spacial score (nSPS) is 12.3. The molecule has 0 aliphatic heterocycles. The van der Waals surface area contributed by atoms with Crippen LogP contribution in [-0.2, 0) is 9.53 Å². The van der Waals surface area contributed by atoms with Crippen LogP contribution in [0.3, 0.4) is 0 Å². The van der Waals surface area contributed by atoms with Crippen molar-refractivity contribution in [3.8, 4) is 0 Å². The number of hydrogen-bond donors (Lipinski definition) is 1. The molecule has 0 aromatic carbocycles. The van der Waals surface area contributed by atoms with Crippen LogP contribution in [0, 0.1) is 0 Å². The minimum atomic E-state index is -0.915. The minimum absolute atomic E-state index is 0.707. The van der Waals surface area contributed by atoms with Crippen molar-refractivity contribution in [2.24, 2.45) is 0 Å².